The van der Waals surface area contributed by atoms with Gasteiger partial charge in [0.2, 0.25) is 0 Å². The molecule has 1 aromatic heterocycles. The Morgan fingerprint density at radius 3 is 2.48 bits per heavy atom. The minimum absolute atomic E-state index is 0.127. The summed E-state index contributed by atoms with van der Waals surface area (Å²) in [5.41, 5.74) is 3.89. The number of para-hydroxylation sites is 1. The lowest BCUT2D eigenvalue weighted by molar-refractivity contribution is 0.240. The molecule has 6 nitrogen and oxygen atoms in total. The van der Waals surface area contributed by atoms with Gasteiger partial charge >= 0.3 is 6.03 Å². The van der Waals surface area contributed by atoms with Crippen LogP contribution in [0.4, 0.5) is 9.18 Å². The fraction of sp³-hybridized carbons (Fsp3) is 0.192. The van der Waals surface area contributed by atoms with Gasteiger partial charge in [0.25, 0.3) is 0 Å². The van der Waals surface area contributed by atoms with Crippen molar-refractivity contribution < 1.29 is 18.7 Å². The number of fused-ring (bicyclic) bond motifs is 1. The van der Waals surface area contributed by atoms with Crippen molar-refractivity contribution >= 4 is 16.9 Å². The second kappa shape index (κ2) is 10.1. The molecule has 3 aromatic carbocycles. The van der Waals surface area contributed by atoms with Crippen molar-refractivity contribution in [3.05, 3.63) is 95.4 Å². The first-order chi connectivity index (χ1) is 16.1. The van der Waals surface area contributed by atoms with Crippen LogP contribution in [0.3, 0.4) is 0 Å². The van der Waals surface area contributed by atoms with Crippen LogP contribution in [0, 0.1) is 5.82 Å². The highest BCUT2D eigenvalue weighted by Crippen LogP contribution is 2.35. The van der Waals surface area contributed by atoms with Crippen LogP contribution in [0.1, 0.15) is 22.6 Å². The Labute approximate surface area is 191 Å². The molecule has 170 valence electrons. The highest BCUT2D eigenvalue weighted by Gasteiger charge is 2.21. The topological polar surface area (TPSA) is 75.4 Å². The molecular formula is C26H26FN3O3. The number of carbonyl (C=O) groups is 1. The monoisotopic (exact) mass is 447 g/mol. The fourth-order valence-electron chi connectivity index (χ4n) is 3.90. The third kappa shape index (κ3) is 5.09. The number of aromatic amines is 1. The standard InChI is InChI=1S/C26H26FN3O3/c1-32-24-12-9-18(13-25(24)33-2)21(22-16-28-23-6-4-3-5-20(22)23)15-30-26(31)29-14-17-7-10-19(27)11-8-17/h3-13,16,21,28H,14-15H2,1-2H3,(H2,29,30,31)/t21-/m0/s1. The largest absolute Gasteiger partial charge is 0.493 e. The van der Waals surface area contributed by atoms with Gasteiger partial charge in [-0.2, -0.15) is 0 Å². The molecule has 0 aliphatic carbocycles. The molecular weight excluding hydrogens is 421 g/mol. The summed E-state index contributed by atoms with van der Waals surface area (Å²) >= 11 is 0. The van der Waals surface area contributed by atoms with E-state index in [1.807, 2.05) is 42.6 Å². The molecule has 3 N–H and O–H groups in total. The Morgan fingerprint density at radius 2 is 1.73 bits per heavy atom. The molecule has 0 unspecified atom stereocenters. The van der Waals surface area contributed by atoms with E-state index in [1.54, 1.807) is 26.4 Å². The van der Waals surface area contributed by atoms with Crippen LogP contribution in [-0.4, -0.2) is 31.8 Å². The molecule has 4 aromatic rings. The zero-order chi connectivity index (χ0) is 23.2. The third-order valence-electron chi connectivity index (χ3n) is 5.64. The van der Waals surface area contributed by atoms with Crippen LogP contribution >= 0.6 is 0 Å². The number of nitrogens with one attached hydrogen (secondary N) is 3. The fourth-order valence-corrected chi connectivity index (χ4v) is 3.90. The minimum Gasteiger partial charge on any atom is -0.493 e. The molecule has 1 heterocycles. The predicted molar refractivity (Wildman–Crippen MR) is 126 cm³/mol. The van der Waals surface area contributed by atoms with E-state index in [1.165, 1.54) is 12.1 Å². The average molecular weight is 448 g/mol. The lowest BCUT2D eigenvalue weighted by Crippen LogP contribution is -2.37. The Bertz CT molecular complexity index is 1240. The summed E-state index contributed by atoms with van der Waals surface area (Å²) < 4.78 is 24.0. The molecule has 0 aliphatic heterocycles. The maximum atomic E-state index is 13.1. The van der Waals surface area contributed by atoms with Crippen molar-refractivity contribution in [2.45, 2.75) is 12.5 Å². The molecule has 0 saturated carbocycles. The average Bonchev–Trinajstić information content (AvgIpc) is 3.27. The summed E-state index contributed by atoms with van der Waals surface area (Å²) in [6.45, 7) is 0.673. The molecule has 33 heavy (non-hydrogen) atoms. The number of hydrogen-bond acceptors (Lipinski definition) is 3. The van der Waals surface area contributed by atoms with Gasteiger partial charge in [-0.15, -0.1) is 0 Å². The zero-order valence-corrected chi connectivity index (χ0v) is 18.5. The van der Waals surface area contributed by atoms with E-state index in [4.69, 9.17) is 9.47 Å². The van der Waals surface area contributed by atoms with E-state index in [-0.39, 0.29) is 17.8 Å². The zero-order valence-electron chi connectivity index (χ0n) is 18.5. The van der Waals surface area contributed by atoms with Gasteiger partial charge < -0.3 is 25.1 Å². The van der Waals surface area contributed by atoms with Crippen LogP contribution in [0.25, 0.3) is 10.9 Å². The van der Waals surface area contributed by atoms with Crippen molar-refractivity contribution in [2.24, 2.45) is 0 Å². The second-order valence-corrected chi connectivity index (χ2v) is 7.65. The first kappa shape index (κ1) is 22.2. The van der Waals surface area contributed by atoms with Crippen molar-refractivity contribution in [2.75, 3.05) is 20.8 Å². The van der Waals surface area contributed by atoms with Crippen molar-refractivity contribution in [3.63, 3.8) is 0 Å². The van der Waals surface area contributed by atoms with Gasteiger partial charge in [0, 0.05) is 36.1 Å². The van der Waals surface area contributed by atoms with Crippen molar-refractivity contribution in [1.29, 1.82) is 0 Å². The molecule has 0 fully saturated rings. The molecule has 1 atom stereocenters. The van der Waals surface area contributed by atoms with Gasteiger partial charge in [-0.05, 0) is 47.0 Å². The molecule has 0 aliphatic rings. The Morgan fingerprint density at radius 1 is 0.970 bits per heavy atom. The van der Waals surface area contributed by atoms with Crippen LogP contribution in [0.2, 0.25) is 0 Å². The number of amides is 2. The van der Waals surface area contributed by atoms with E-state index in [2.05, 4.69) is 21.7 Å². The number of carbonyl (C=O) groups excluding carboxylic acids is 1. The number of ether oxygens (including phenoxy) is 2. The van der Waals surface area contributed by atoms with E-state index < -0.39 is 0 Å². The van der Waals surface area contributed by atoms with Gasteiger partial charge in [-0.3, -0.25) is 0 Å². The molecule has 2 amide bonds. The van der Waals surface area contributed by atoms with E-state index in [0.717, 1.165) is 27.6 Å². The highest BCUT2D eigenvalue weighted by atomic mass is 19.1. The predicted octanol–water partition coefficient (Wildman–Crippen LogP) is 4.96. The number of urea groups is 1. The van der Waals surface area contributed by atoms with E-state index in [0.29, 0.717) is 24.6 Å². The first-order valence-corrected chi connectivity index (χ1v) is 10.6. The van der Waals surface area contributed by atoms with Gasteiger partial charge in [0.1, 0.15) is 5.82 Å². The Hall–Kier alpha value is -4.00. The summed E-state index contributed by atoms with van der Waals surface area (Å²) in [5, 5.41) is 6.88. The number of aromatic nitrogens is 1. The van der Waals surface area contributed by atoms with Crippen molar-refractivity contribution in [3.8, 4) is 11.5 Å². The number of hydrogen-bond donors (Lipinski definition) is 3. The number of methoxy groups -OCH3 is 2. The minimum atomic E-state index is -0.306. The SMILES string of the molecule is COc1ccc([C@H](CNC(=O)NCc2ccc(F)cc2)c2c[nH]c3ccccc23)cc1OC. The summed E-state index contributed by atoms with van der Waals surface area (Å²) in [5.74, 6) is 0.835. The Kier molecular flexibility index (Phi) is 6.78. The lowest BCUT2D eigenvalue weighted by Gasteiger charge is -2.20. The molecule has 0 bridgehead atoms. The quantitative estimate of drug-likeness (QED) is 0.358. The van der Waals surface area contributed by atoms with E-state index >= 15 is 0 Å². The normalized spacial score (nSPS) is 11.7. The van der Waals surface area contributed by atoms with Crippen LogP contribution in [0.15, 0.2) is 72.9 Å². The molecule has 7 heteroatoms. The first-order valence-electron chi connectivity index (χ1n) is 10.6. The van der Waals surface area contributed by atoms with Crippen LogP contribution < -0.4 is 20.1 Å². The summed E-state index contributed by atoms with van der Waals surface area (Å²) in [6.07, 6.45) is 1.98. The molecule has 0 radical (unpaired) electrons. The van der Waals surface area contributed by atoms with Gasteiger partial charge in [0.15, 0.2) is 11.5 Å². The van der Waals surface area contributed by atoms with Crippen LogP contribution in [0.5, 0.6) is 11.5 Å². The molecule has 4 rings (SSSR count). The smallest absolute Gasteiger partial charge is 0.315 e. The number of halogens is 1. The number of H-pyrrole nitrogens is 1. The summed E-state index contributed by atoms with van der Waals surface area (Å²) in [6, 6.07) is 19.6. The number of rotatable bonds is 8. The third-order valence-corrected chi connectivity index (χ3v) is 5.64. The summed E-state index contributed by atoms with van der Waals surface area (Å²) in [4.78, 5) is 15.8. The lowest BCUT2D eigenvalue weighted by atomic mass is 9.90. The van der Waals surface area contributed by atoms with Crippen LogP contribution in [-0.2, 0) is 6.54 Å². The maximum Gasteiger partial charge on any atom is 0.315 e. The highest BCUT2D eigenvalue weighted by molar-refractivity contribution is 5.84. The summed E-state index contributed by atoms with van der Waals surface area (Å²) in [7, 11) is 3.20. The van der Waals surface area contributed by atoms with E-state index in [9.17, 15) is 9.18 Å². The van der Waals surface area contributed by atoms with Crippen molar-refractivity contribution in [1.82, 2.24) is 15.6 Å². The van der Waals surface area contributed by atoms with Gasteiger partial charge in [-0.25, -0.2) is 9.18 Å². The maximum absolute atomic E-state index is 13.1. The second-order valence-electron chi connectivity index (χ2n) is 7.65. The molecule has 0 saturated heterocycles. The van der Waals surface area contributed by atoms with Gasteiger partial charge in [-0.1, -0.05) is 36.4 Å². The Balaban J connectivity index is 1.55. The number of benzene rings is 3. The molecule has 0 spiro atoms. The van der Waals surface area contributed by atoms with Gasteiger partial charge in [0.05, 0.1) is 14.2 Å².